The van der Waals surface area contributed by atoms with Gasteiger partial charge in [-0.3, -0.25) is 10.1 Å². The molecular formula is C24H27N2O. The SMILES string of the molecule is Cc1cc(C)c(CC2CCN(c3cccc4c([O])ccnc34)CC2)c(C)c1. The molecule has 0 bridgehead atoms. The van der Waals surface area contributed by atoms with Gasteiger partial charge >= 0.3 is 0 Å². The summed E-state index contributed by atoms with van der Waals surface area (Å²) in [5.41, 5.74) is 7.68. The van der Waals surface area contributed by atoms with E-state index in [1.807, 2.05) is 12.1 Å². The maximum Gasteiger partial charge on any atom is 0.189 e. The molecular weight excluding hydrogens is 332 g/mol. The van der Waals surface area contributed by atoms with Crippen LogP contribution in [0.15, 0.2) is 42.6 Å². The molecule has 1 aliphatic rings. The molecule has 0 N–H and O–H groups in total. The number of aryl methyl sites for hydroxylation is 3. The molecule has 139 valence electrons. The second-order valence-corrected chi connectivity index (χ2v) is 7.99. The number of aromatic nitrogens is 1. The van der Waals surface area contributed by atoms with Crippen molar-refractivity contribution >= 4 is 16.6 Å². The van der Waals surface area contributed by atoms with Crippen molar-refractivity contribution in [3.8, 4) is 5.75 Å². The van der Waals surface area contributed by atoms with Crippen LogP contribution in [0.2, 0.25) is 0 Å². The Morgan fingerprint density at radius 3 is 2.44 bits per heavy atom. The Morgan fingerprint density at radius 2 is 1.74 bits per heavy atom. The predicted octanol–water partition coefficient (Wildman–Crippen LogP) is 5.76. The Bertz CT molecular complexity index is 948. The van der Waals surface area contributed by atoms with Gasteiger partial charge in [-0.15, -0.1) is 0 Å². The summed E-state index contributed by atoms with van der Waals surface area (Å²) < 4.78 is 0. The Morgan fingerprint density at radius 1 is 1.04 bits per heavy atom. The Hall–Kier alpha value is -2.55. The smallest absolute Gasteiger partial charge is 0.189 e. The zero-order valence-electron chi connectivity index (χ0n) is 16.5. The number of rotatable bonds is 3. The number of para-hydroxylation sites is 1. The van der Waals surface area contributed by atoms with E-state index in [1.54, 1.807) is 12.3 Å². The number of pyridine rings is 1. The van der Waals surface area contributed by atoms with Crippen LogP contribution in [0.5, 0.6) is 5.75 Å². The summed E-state index contributed by atoms with van der Waals surface area (Å²) in [6, 6.07) is 12.1. The number of hydrogen-bond acceptors (Lipinski definition) is 2. The number of hydrogen-bond donors (Lipinski definition) is 0. The van der Waals surface area contributed by atoms with Crippen molar-refractivity contribution in [2.45, 2.75) is 40.0 Å². The van der Waals surface area contributed by atoms with E-state index in [0.29, 0.717) is 0 Å². The first kappa shape index (κ1) is 17.8. The number of piperidine rings is 1. The highest BCUT2D eigenvalue weighted by atomic mass is 16.3. The minimum atomic E-state index is 0.0575. The predicted molar refractivity (Wildman–Crippen MR) is 111 cm³/mol. The van der Waals surface area contributed by atoms with Crippen molar-refractivity contribution in [2.75, 3.05) is 18.0 Å². The molecule has 1 radical (unpaired) electrons. The van der Waals surface area contributed by atoms with E-state index in [2.05, 4.69) is 48.9 Å². The minimum Gasteiger partial charge on any atom is -0.370 e. The largest absolute Gasteiger partial charge is 0.370 e. The van der Waals surface area contributed by atoms with Gasteiger partial charge in [-0.25, -0.2) is 0 Å². The fourth-order valence-electron chi connectivity index (χ4n) is 4.59. The van der Waals surface area contributed by atoms with E-state index in [-0.39, 0.29) is 5.75 Å². The first-order valence-corrected chi connectivity index (χ1v) is 9.89. The van der Waals surface area contributed by atoms with E-state index < -0.39 is 0 Å². The molecule has 1 aliphatic heterocycles. The Labute approximate surface area is 161 Å². The minimum absolute atomic E-state index is 0.0575. The van der Waals surface area contributed by atoms with Crippen LogP contribution in [0.4, 0.5) is 5.69 Å². The van der Waals surface area contributed by atoms with Gasteiger partial charge in [0.2, 0.25) is 0 Å². The van der Waals surface area contributed by atoms with Gasteiger partial charge in [-0.1, -0.05) is 23.8 Å². The van der Waals surface area contributed by atoms with Crippen molar-refractivity contribution in [1.29, 1.82) is 0 Å². The first-order valence-electron chi connectivity index (χ1n) is 9.89. The Kier molecular flexibility index (Phi) is 4.77. The highest BCUT2D eigenvalue weighted by Crippen LogP contribution is 2.34. The van der Waals surface area contributed by atoms with Crippen molar-refractivity contribution in [3.63, 3.8) is 0 Å². The molecule has 3 heteroatoms. The molecule has 0 saturated carbocycles. The lowest BCUT2D eigenvalue weighted by molar-refractivity contribution is 0.360. The van der Waals surface area contributed by atoms with E-state index in [9.17, 15) is 5.11 Å². The lowest BCUT2D eigenvalue weighted by Crippen LogP contribution is -2.34. The van der Waals surface area contributed by atoms with Gasteiger partial charge in [-0.05, 0) is 74.8 Å². The number of benzene rings is 2. The van der Waals surface area contributed by atoms with E-state index >= 15 is 0 Å². The van der Waals surface area contributed by atoms with Crippen LogP contribution in [0, 0.1) is 26.7 Å². The van der Waals surface area contributed by atoms with Crippen LogP contribution in [0.3, 0.4) is 0 Å². The average molecular weight is 359 g/mol. The first-order chi connectivity index (χ1) is 13.0. The molecule has 1 fully saturated rings. The quantitative estimate of drug-likeness (QED) is 0.596. The summed E-state index contributed by atoms with van der Waals surface area (Å²) in [6.07, 6.45) is 5.16. The van der Waals surface area contributed by atoms with Gasteiger partial charge in [0.05, 0.1) is 11.2 Å². The zero-order chi connectivity index (χ0) is 19.0. The third-order valence-corrected chi connectivity index (χ3v) is 6.00. The molecule has 0 spiro atoms. The highest BCUT2D eigenvalue weighted by molar-refractivity contribution is 5.94. The number of fused-ring (bicyclic) bond motifs is 1. The van der Waals surface area contributed by atoms with Gasteiger partial charge in [-0.2, -0.15) is 0 Å². The molecule has 27 heavy (non-hydrogen) atoms. The van der Waals surface area contributed by atoms with Crippen molar-refractivity contribution < 1.29 is 5.11 Å². The third kappa shape index (κ3) is 3.51. The van der Waals surface area contributed by atoms with Crippen LogP contribution in [0.25, 0.3) is 10.9 Å². The van der Waals surface area contributed by atoms with Crippen molar-refractivity contribution in [2.24, 2.45) is 5.92 Å². The fourth-order valence-corrected chi connectivity index (χ4v) is 4.59. The normalized spacial score (nSPS) is 15.4. The molecule has 0 aliphatic carbocycles. The number of nitrogens with zero attached hydrogens (tertiary/aromatic N) is 2. The molecule has 2 aromatic carbocycles. The second-order valence-electron chi connectivity index (χ2n) is 7.99. The maximum absolute atomic E-state index is 12.1. The molecule has 2 heterocycles. The lowest BCUT2D eigenvalue weighted by Gasteiger charge is -2.34. The third-order valence-electron chi connectivity index (χ3n) is 6.00. The van der Waals surface area contributed by atoms with Crippen LogP contribution in [0.1, 0.15) is 35.1 Å². The number of anilines is 1. The summed E-state index contributed by atoms with van der Waals surface area (Å²) in [7, 11) is 0. The molecule has 0 amide bonds. The van der Waals surface area contributed by atoms with Crippen LogP contribution < -0.4 is 4.90 Å². The highest BCUT2D eigenvalue weighted by Gasteiger charge is 2.22. The van der Waals surface area contributed by atoms with Gasteiger partial charge in [0.25, 0.3) is 0 Å². The van der Waals surface area contributed by atoms with E-state index in [4.69, 9.17) is 0 Å². The van der Waals surface area contributed by atoms with Crippen molar-refractivity contribution in [3.05, 3.63) is 64.8 Å². The van der Waals surface area contributed by atoms with E-state index in [1.165, 1.54) is 41.5 Å². The van der Waals surface area contributed by atoms with Gasteiger partial charge in [0.15, 0.2) is 5.75 Å². The molecule has 3 nitrogen and oxygen atoms in total. The summed E-state index contributed by atoms with van der Waals surface area (Å²) in [6.45, 7) is 8.71. The lowest BCUT2D eigenvalue weighted by atomic mass is 9.86. The maximum atomic E-state index is 12.1. The topological polar surface area (TPSA) is 36.0 Å². The molecule has 1 saturated heterocycles. The average Bonchev–Trinajstić information content (AvgIpc) is 2.65. The molecule has 1 aromatic heterocycles. The fraction of sp³-hybridized carbons (Fsp3) is 0.375. The van der Waals surface area contributed by atoms with Crippen LogP contribution in [-0.4, -0.2) is 18.1 Å². The summed E-state index contributed by atoms with van der Waals surface area (Å²) in [5, 5.41) is 12.8. The molecule has 0 atom stereocenters. The van der Waals surface area contributed by atoms with Crippen LogP contribution >= 0.6 is 0 Å². The van der Waals surface area contributed by atoms with Gasteiger partial charge < -0.3 is 4.90 Å². The second kappa shape index (κ2) is 7.22. The Balaban J connectivity index is 1.50. The summed E-state index contributed by atoms with van der Waals surface area (Å²) >= 11 is 0. The standard InChI is InChI=1S/C24H27N2O/c1-16-13-17(2)21(18(3)14-16)15-19-8-11-26(12-9-19)22-6-4-5-20-23(27)7-10-25-24(20)22/h4-7,10,13-14,19H,8-9,11-12,15H2,1-3H3. The molecule has 0 unspecified atom stereocenters. The summed E-state index contributed by atoms with van der Waals surface area (Å²) in [5.74, 6) is 0.779. The van der Waals surface area contributed by atoms with Gasteiger partial charge in [0.1, 0.15) is 0 Å². The van der Waals surface area contributed by atoms with Gasteiger partial charge in [0, 0.05) is 30.7 Å². The molecule has 4 rings (SSSR count). The zero-order valence-corrected chi connectivity index (χ0v) is 16.5. The van der Waals surface area contributed by atoms with E-state index in [0.717, 1.165) is 35.6 Å². The molecule has 3 aromatic rings. The summed E-state index contributed by atoms with van der Waals surface area (Å²) in [4.78, 5) is 6.90. The van der Waals surface area contributed by atoms with Crippen LogP contribution in [-0.2, 0) is 11.5 Å². The monoisotopic (exact) mass is 359 g/mol. The van der Waals surface area contributed by atoms with Crippen molar-refractivity contribution in [1.82, 2.24) is 4.98 Å².